The van der Waals surface area contributed by atoms with Crippen molar-refractivity contribution in [3.8, 4) is 0 Å². The molecule has 5 heteroatoms. The molecular weight excluding hydrogens is 351 g/mol. The van der Waals surface area contributed by atoms with Crippen molar-refractivity contribution >= 4 is 34.2 Å². The molecule has 1 unspecified atom stereocenters. The highest BCUT2D eigenvalue weighted by Gasteiger charge is 2.15. The fourth-order valence-electron chi connectivity index (χ4n) is 1.55. The van der Waals surface area contributed by atoms with Gasteiger partial charge in [0.05, 0.1) is 15.9 Å². The van der Waals surface area contributed by atoms with E-state index in [2.05, 4.69) is 46.4 Å². The van der Waals surface area contributed by atoms with Crippen molar-refractivity contribution in [2.24, 2.45) is 5.92 Å². The maximum Gasteiger partial charge on any atom is 0.146 e. The monoisotopic (exact) mass is 368 g/mol. The topological polar surface area (TPSA) is 35.0 Å². The first-order valence-electron chi connectivity index (χ1n) is 5.66. The molecule has 1 atom stereocenters. The third-order valence-corrected chi connectivity index (χ3v) is 4.08. The maximum absolute atomic E-state index is 6.15. The summed E-state index contributed by atoms with van der Waals surface area (Å²) in [5, 5.41) is 0.550. The molecule has 0 amide bonds. The fraction of sp³-hybridized carbons (Fsp3) is 0.667. The van der Waals surface area contributed by atoms with Crippen LogP contribution >= 0.6 is 34.2 Å². The zero-order valence-corrected chi connectivity index (χ0v) is 13.5. The number of aromatic nitrogens is 2. The summed E-state index contributed by atoms with van der Waals surface area (Å²) in [5.74, 6) is 1.49. The van der Waals surface area contributed by atoms with Gasteiger partial charge in [-0.25, -0.2) is 9.97 Å². The van der Waals surface area contributed by atoms with Crippen LogP contribution in [0.15, 0.2) is 0 Å². The van der Waals surface area contributed by atoms with E-state index in [1.165, 1.54) is 0 Å². The fourth-order valence-corrected chi connectivity index (χ4v) is 2.21. The Morgan fingerprint density at radius 1 is 1.29 bits per heavy atom. The summed E-state index contributed by atoms with van der Waals surface area (Å²) in [6.45, 7) is 6.99. The van der Waals surface area contributed by atoms with Gasteiger partial charge in [-0.2, -0.15) is 0 Å². The van der Waals surface area contributed by atoms with E-state index in [4.69, 9.17) is 16.3 Å². The first-order chi connectivity index (χ1) is 7.95. The summed E-state index contributed by atoms with van der Waals surface area (Å²) in [5.41, 5.74) is 1.04. The smallest absolute Gasteiger partial charge is 0.146 e. The van der Waals surface area contributed by atoms with Gasteiger partial charge in [0.2, 0.25) is 0 Å². The van der Waals surface area contributed by atoms with Crippen LogP contribution in [-0.2, 0) is 11.2 Å². The number of rotatable bonds is 5. The van der Waals surface area contributed by atoms with Crippen LogP contribution in [0, 0.1) is 9.49 Å². The lowest BCUT2D eigenvalue weighted by molar-refractivity contribution is 0.181. The van der Waals surface area contributed by atoms with E-state index >= 15 is 0 Å². The van der Waals surface area contributed by atoms with E-state index in [1.807, 2.05) is 6.92 Å². The minimum absolute atomic E-state index is 0.167. The van der Waals surface area contributed by atoms with E-state index in [9.17, 15) is 0 Å². The number of nitrogens with zero attached hydrogens (tertiary/aromatic N) is 2. The lowest BCUT2D eigenvalue weighted by Crippen LogP contribution is -2.11. The van der Waals surface area contributed by atoms with Crippen LogP contribution in [-0.4, -0.2) is 23.7 Å². The Labute approximate surface area is 121 Å². The van der Waals surface area contributed by atoms with Crippen molar-refractivity contribution in [1.82, 2.24) is 9.97 Å². The summed E-state index contributed by atoms with van der Waals surface area (Å²) < 4.78 is 6.09. The van der Waals surface area contributed by atoms with Crippen molar-refractivity contribution in [2.75, 3.05) is 13.7 Å². The number of hydrogen-bond acceptors (Lipinski definition) is 3. The molecule has 0 saturated carbocycles. The van der Waals surface area contributed by atoms with E-state index in [0.717, 1.165) is 21.5 Å². The van der Waals surface area contributed by atoms with Gasteiger partial charge in [0.15, 0.2) is 0 Å². The average Bonchev–Trinajstić information content (AvgIpc) is 2.24. The molecule has 3 nitrogen and oxygen atoms in total. The molecule has 17 heavy (non-hydrogen) atoms. The Morgan fingerprint density at radius 2 is 1.94 bits per heavy atom. The lowest BCUT2D eigenvalue weighted by Gasteiger charge is -2.13. The molecule has 1 aromatic heterocycles. The predicted molar refractivity (Wildman–Crippen MR) is 78.6 cm³/mol. The highest BCUT2D eigenvalue weighted by atomic mass is 127. The van der Waals surface area contributed by atoms with Gasteiger partial charge >= 0.3 is 0 Å². The van der Waals surface area contributed by atoms with Crippen LogP contribution in [0.3, 0.4) is 0 Å². The second-order valence-corrected chi connectivity index (χ2v) is 6.02. The Kier molecular flexibility index (Phi) is 6.09. The molecule has 0 aliphatic heterocycles. The Balaban J connectivity index is 3.05. The van der Waals surface area contributed by atoms with Crippen LogP contribution in [0.2, 0.25) is 5.15 Å². The van der Waals surface area contributed by atoms with Crippen molar-refractivity contribution in [2.45, 2.75) is 33.1 Å². The highest BCUT2D eigenvalue weighted by Crippen LogP contribution is 2.24. The summed E-state index contributed by atoms with van der Waals surface area (Å²) in [6, 6.07) is 0. The molecule has 1 rings (SSSR count). The molecule has 0 N–H and O–H groups in total. The SMILES string of the molecule is COCC(C)c1nc(Cl)c(I)c(CC(C)C)n1. The molecule has 0 spiro atoms. The maximum atomic E-state index is 6.15. The summed E-state index contributed by atoms with van der Waals surface area (Å²) >= 11 is 8.36. The van der Waals surface area contributed by atoms with Crippen LogP contribution in [0.5, 0.6) is 0 Å². The van der Waals surface area contributed by atoms with Crippen LogP contribution in [0.4, 0.5) is 0 Å². The van der Waals surface area contributed by atoms with E-state index in [0.29, 0.717) is 17.7 Å². The van der Waals surface area contributed by atoms with Crippen LogP contribution in [0.1, 0.15) is 38.2 Å². The van der Waals surface area contributed by atoms with Crippen LogP contribution < -0.4 is 0 Å². The molecule has 0 saturated heterocycles. The third kappa shape index (κ3) is 4.34. The third-order valence-electron chi connectivity index (χ3n) is 2.36. The molecule has 1 aromatic rings. The first-order valence-corrected chi connectivity index (χ1v) is 7.12. The van der Waals surface area contributed by atoms with E-state index < -0.39 is 0 Å². The molecule has 0 bridgehead atoms. The van der Waals surface area contributed by atoms with Gasteiger partial charge < -0.3 is 4.74 Å². The Bertz CT molecular complexity index is 385. The minimum atomic E-state index is 0.167. The lowest BCUT2D eigenvalue weighted by atomic mass is 10.1. The number of halogens is 2. The highest BCUT2D eigenvalue weighted by molar-refractivity contribution is 14.1. The standard InChI is InChI=1S/C12H18ClIN2O/c1-7(2)5-9-10(14)11(13)16-12(15-9)8(3)6-17-4/h7-8H,5-6H2,1-4H3. The van der Waals surface area contributed by atoms with Crippen molar-refractivity contribution in [3.63, 3.8) is 0 Å². The van der Waals surface area contributed by atoms with Crippen LogP contribution in [0.25, 0.3) is 0 Å². The van der Waals surface area contributed by atoms with E-state index in [-0.39, 0.29) is 5.92 Å². The molecule has 0 aliphatic carbocycles. The summed E-state index contributed by atoms with van der Waals surface area (Å²) in [7, 11) is 1.68. The molecule has 0 radical (unpaired) electrons. The normalized spacial score (nSPS) is 13.1. The molecule has 1 heterocycles. The van der Waals surface area contributed by atoms with Gasteiger partial charge in [-0.15, -0.1) is 0 Å². The minimum Gasteiger partial charge on any atom is -0.384 e. The van der Waals surface area contributed by atoms with Crippen molar-refractivity contribution in [3.05, 3.63) is 20.2 Å². The molecule has 0 fully saturated rings. The zero-order valence-electron chi connectivity index (χ0n) is 10.6. The van der Waals surface area contributed by atoms with Crippen molar-refractivity contribution in [1.29, 1.82) is 0 Å². The van der Waals surface area contributed by atoms with Crippen molar-refractivity contribution < 1.29 is 4.74 Å². The number of ether oxygens (including phenoxy) is 1. The number of methoxy groups -OCH3 is 1. The molecular formula is C12H18ClIN2O. The second-order valence-electron chi connectivity index (χ2n) is 4.59. The summed E-state index contributed by atoms with van der Waals surface area (Å²) in [4.78, 5) is 8.93. The Hall–Kier alpha value is 0.0600. The van der Waals surface area contributed by atoms with Gasteiger partial charge in [0, 0.05) is 13.0 Å². The van der Waals surface area contributed by atoms with Gasteiger partial charge in [0.1, 0.15) is 11.0 Å². The first kappa shape index (κ1) is 15.1. The Morgan fingerprint density at radius 3 is 2.47 bits per heavy atom. The molecule has 0 aliphatic rings. The van der Waals surface area contributed by atoms with Gasteiger partial charge in [-0.1, -0.05) is 32.4 Å². The zero-order chi connectivity index (χ0) is 13.0. The average molecular weight is 369 g/mol. The quantitative estimate of drug-likeness (QED) is 0.587. The van der Waals surface area contributed by atoms with Gasteiger partial charge in [-0.3, -0.25) is 0 Å². The number of hydrogen-bond donors (Lipinski definition) is 0. The molecule has 0 aromatic carbocycles. The predicted octanol–water partition coefficient (Wildman–Crippen LogP) is 3.68. The largest absolute Gasteiger partial charge is 0.384 e. The summed E-state index contributed by atoms with van der Waals surface area (Å²) in [6.07, 6.45) is 0.924. The molecule has 96 valence electrons. The van der Waals surface area contributed by atoms with Gasteiger partial charge in [-0.05, 0) is 34.9 Å². The second kappa shape index (κ2) is 6.85. The van der Waals surface area contributed by atoms with Gasteiger partial charge in [0.25, 0.3) is 0 Å². The van der Waals surface area contributed by atoms with E-state index in [1.54, 1.807) is 7.11 Å².